The Balaban J connectivity index is 1.40. The summed E-state index contributed by atoms with van der Waals surface area (Å²) < 4.78 is 19.6. The van der Waals surface area contributed by atoms with Crippen LogP contribution in [0.1, 0.15) is 37.8 Å². The minimum absolute atomic E-state index is 0.750. The van der Waals surface area contributed by atoms with Gasteiger partial charge < -0.3 is 19.1 Å². The van der Waals surface area contributed by atoms with Gasteiger partial charge in [-0.25, -0.2) is 4.57 Å². The molecule has 0 radical (unpaired) electrons. The van der Waals surface area contributed by atoms with E-state index in [0.29, 0.717) is 0 Å². The maximum absolute atomic E-state index is 6.20. The van der Waals surface area contributed by atoms with Gasteiger partial charge in [0.25, 0.3) is 0 Å². The van der Waals surface area contributed by atoms with Crippen LogP contribution in [0, 0.1) is 0 Å². The molecule has 5 nitrogen and oxygen atoms in total. The predicted octanol–water partition coefficient (Wildman–Crippen LogP) is 5.01. The van der Waals surface area contributed by atoms with Crippen molar-refractivity contribution in [3.05, 3.63) is 48.3 Å². The molecule has 1 fully saturated rings. The Bertz CT molecular complexity index is 1120. The lowest BCUT2D eigenvalue weighted by molar-refractivity contribution is -0.688. The molecule has 0 saturated carbocycles. The van der Waals surface area contributed by atoms with Crippen LogP contribution < -0.4 is 18.8 Å². The van der Waals surface area contributed by atoms with E-state index in [9.17, 15) is 0 Å². The monoisotopic (exact) mass is 447 g/mol. The van der Waals surface area contributed by atoms with Gasteiger partial charge in [0, 0.05) is 24.8 Å². The van der Waals surface area contributed by atoms with Crippen LogP contribution in [-0.2, 0) is 13.0 Å². The van der Waals surface area contributed by atoms with Crippen molar-refractivity contribution in [3.8, 4) is 28.4 Å². The fourth-order valence-electron chi connectivity index (χ4n) is 5.33. The van der Waals surface area contributed by atoms with Gasteiger partial charge in [-0.3, -0.25) is 0 Å². The Morgan fingerprint density at radius 2 is 1.73 bits per heavy atom. The third-order valence-corrected chi connectivity index (χ3v) is 7.07. The number of likely N-dealkylation sites (tertiary alicyclic amines) is 1. The minimum Gasteiger partial charge on any atom is -0.494 e. The molecule has 5 heteroatoms. The van der Waals surface area contributed by atoms with Gasteiger partial charge in [-0.05, 0) is 68.2 Å². The molecular formula is C28H35N2O3+. The Morgan fingerprint density at radius 1 is 0.879 bits per heavy atom. The number of fused-ring (bicyclic) bond motifs is 3. The molecule has 1 saturated heterocycles. The van der Waals surface area contributed by atoms with Gasteiger partial charge in [-0.1, -0.05) is 12.5 Å². The SMILES string of the molecule is COc1ccc(-c2c[n+]3c(c4cc(OCCCN5CCCCC5)ccc24)CCC3)cc1OC. The number of aryl methyl sites for hydroxylation is 2. The number of aromatic nitrogens is 1. The lowest BCUT2D eigenvalue weighted by atomic mass is 9.98. The van der Waals surface area contributed by atoms with Gasteiger partial charge in [0.05, 0.1) is 31.8 Å². The first-order valence-electron chi connectivity index (χ1n) is 12.3. The quantitative estimate of drug-likeness (QED) is 0.359. The molecule has 2 aliphatic heterocycles. The first-order chi connectivity index (χ1) is 16.3. The van der Waals surface area contributed by atoms with Crippen molar-refractivity contribution in [1.82, 2.24) is 4.90 Å². The maximum Gasteiger partial charge on any atom is 0.189 e. The molecular weight excluding hydrogens is 412 g/mol. The summed E-state index contributed by atoms with van der Waals surface area (Å²) in [6.07, 6.45) is 9.75. The summed E-state index contributed by atoms with van der Waals surface area (Å²) in [5, 5.41) is 2.56. The van der Waals surface area contributed by atoms with Crippen molar-refractivity contribution < 1.29 is 18.8 Å². The minimum atomic E-state index is 0.750. The summed E-state index contributed by atoms with van der Waals surface area (Å²) in [6, 6.07) is 12.8. The highest BCUT2D eigenvalue weighted by molar-refractivity contribution is 5.97. The smallest absolute Gasteiger partial charge is 0.189 e. The number of hydrogen-bond acceptors (Lipinski definition) is 4. The van der Waals surface area contributed by atoms with Gasteiger partial charge in [-0.15, -0.1) is 0 Å². The van der Waals surface area contributed by atoms with E-state index in [1.54, 1.807) is 14.2 Å². The number of nitrogens with zero attached hydrogens (tertiary/aromatic N) is 2. The van der Waals surface area contributed by atoms with E-state index in [-0.39, 0.29) is 0 Å². The second kappa shape index (κ2) is 10.0. The van der Waals surface area contributed by atoms with Crippen molar-refractivity contribution in [2.45, 2.75) is 45.1 Å². The van der Waals surface area contributed by atoms with Crippen LogP contribution >= 0.6 is 0 Å². The van der Waals surface area contributed by atoms with Gasteiger partial charge >= 0.3 is 0 Å². The molecule has 0 aliphatic carbocycles. The number of methoxy groups -OCH3 is 2. The van der Waals surface area contributed by atoms with Crippen LogP contribution in [0.3, 0.4) is 0 Å². The molecule has 0 bridgehead atoms. The van der Waals surface area contributed by atoms with E-state index < -0.39 is 0 Å². The van der Waals surface area contributed by atoms with Gasteiger partial charge in [0.2, 0.25) is 0 Å². The Kier molecular flexibility index (Phi) is 6.68. The average Bonchev–Trinajstić information content (AvgIpc) is 3.35. The highest BCUT2D eigenvalue weighted by Crippen LogP contribution is 2.37. The zero-order valence-corrected chi connectivity index (χ0v) is 19.9. The standard InChI is InChI=1S/C28H35N2O3/c1-31-27-12-9-21(18-28(27)32-2)25-20-30-16-6-8-26(30)24-19-22(10-11-23(24)25)33-17-7-15-29-13-4-3-5-14-29/h9-12,18-20H,3-8,13-17H2,1-2H3/q+1. The summed E-state index contributed by atoms with van der Waals surface area (Å²) in [7, 11) is 3.36. The van der Waals surface area contributed by atoms with E-state index in [4.69, 9.17) is 14.2 Å². The summed E-state index contributed by atoms with van der Waals surface area (Å²) in [6.45, 7) is 5.47. The van der Waals surface area contributed by atoms with Gasteiger partial charge in [0.15, 0.2) is 23.4 Å². The van der Waals surface area contributed by atoms with Crippen molar-refractivity contribution in [1.29, 1.82) is 0 Å². The highest BCUT2D eigenvalue weighted by Gasteiger charge is 2.25. The molecule has 3 heterocycles. The number of ether oxygens (including phenoxy) is 3. The second-order valence-corrected chi connectivity index (χ2v) is 9.17. The topological polar surface area (TPSA) is 34.8 Å². The van der Waals surface area contributed by atoms with E-state index in [0.717, 1.165) is 55.4 Å². The van der Waals surface area contributed by atoms with E-state index in [1.807, 2.05) is 6.07 Å². The predicted molar refractivity (Wildman–Crippen MR) is 131 cm³/mol. The van der Waals surface area contributed by atoms with Crippen molar-refractivity contribution in [2.24, 2.45) is 0 Å². The molecule has 0 amide bonds. The lowest BCUT2D eigenvalue weighted by Crippen LogP contribution is -2.33. The normalized spacial score (nSPS) is 16.1. The molecule has 5 rings (SSSR count). The van der Waals surface area contributed by atoms with Gasteiger partial charge in [-0.2, -0.15) is 0 Å². The largest absolute Gasteiger partial charge is 0.494 e. The fourth-order valence-corrected chi connectivity index (χ4v) is 5.33. The molecule has 3 aromatic rings. The summed E-state index contributed by atoms with van der Waals surface area (Å²) in [4.78, 5) is 2.58. The van der Waals surface area contributed by atoms with Crippen molar-refractivity contribution in [2.75, 3.05) is 40.5 Å². The molecule has 0 atom stereocenters. The Labute approximate surface area is 196 Å². The maximum atomic E-state index is 6.20. The highest BCUT2D eigenvalue weighted by atomic mass is 16.5. The van der Waals surface area contributed by atoms with E-state index in [2.05, 4.69) is 46.0 Å². The molecule has 0 spiro atoms. The third-order valence-electron chi connectivity index (χ3n) is 7.07. The second-order valence-electron chi connectivity index (χ2n) is 9.17. The number of piperidine rings is 1. The van der Waals surface area contributed by atoms with E-state index in [1.165, 1.54) is 60.8 Å². The summed E-state index contributed by atoms with van der Waals surface area (Å²) in [5.41, 5.74) is 3.76. The molecule has 2 aromatic carbocycles. The zero-order valence-electron chi connectivity index (χ0n) is 19.9. The fraction of sp³-hybridized carbons (Fsp3) is 0.464. The van der Waals surface area contributed by atoms with Gasteiger partial charge in [0.1, 0.15) is 12.3 Å². The number of pyridine rings is 1. The van der Waals surface area contributed by atoms with Crippen LogP contribution in [0.15, 0.2) is 42.6 Å². The van der Waals surface area contributed by atoms with Crippen molar-refractivity contribution in [3.63, 3.8) is 0 Å². The van der Waals surface area contributed by atoms with E-state index >= 15 is 0 Å². The first-order valence-corrected chi connectivity index (χ1v) is 12.3. The zero-order chi connectivity index (χ0) is 22.6. The average molecular weight is 448 g/mol. The third kappa shape index (κ3) is 4.65. The molecule has 33 heavy (non-hydrogen) atoms. The Hall–Kier alpha value is -2.79. The van der Waals surface area contributed by atoms with Crippen LogP contribution in [-0.4, -0.2) is 45.4 Å². The number of hydrogen-bond donors (Lipinski definition) is 0. The number of rotatable bonds is 8. The summed E-state index contributed by atoms with van der Waals surface area (Å²) in [5.74, 6) is 2.47. The van der Waals surface area contributed by atoms with Crippen LogP contribution in [0.5, 0.6) is 17.2 Å². The van der Waals surface area contributed by atoms with Crippen LogP contribution in [0.25, 0.3) is 21.9 Å². The van der Waals surface area contributed by atoms with Crippen LogP contribution in [0.2, 0.25) is 0 Å². The summed E-state index contributed by atoms with van der Waals surface area (Å²) >= 11 is 0. The molecule has 0 N–H and O–H groups in total. The van der Waals surface area contributed by atoms with Crippen LogP contribution in [0.4, 0.5) is 0 Å². The lowest BCUT2D eigenvalue weighted by Gasteiger charge is -2.26. The number of benzene rings is 2. The molecule has 0 unspecified atom stereocenters. The molecule has 174 valence electrons. The van der Waals surface area contributed by atoms with Crippen molar-refractivity contribution >= 4 is 10.8 Å². The Morgan fingerprint density at radius 3 is 2.55 bits per heavy atom. The first kappa shape index (κ1) is 22.0. The molecule has 1 aromatic heterocycles. The molecule has 2 aliphatic rings.